The van der Waals surface area contributed by atoms with Gasteiger partial charge in [0.15, 0.2) is 0 Å². The summed E-state index contributed by atoms with van der Waals surface area (Å²) in [5.74, 6) is -6.85. The highest BCUT2D eigenvalue weighted by Gasteiger charge is 2.33. The van der Waals surface area contributed by atoms with Crippen LogP contribution >= 0.6 is 0 Å². The van der Waals surface area contributed by atoms with Crippen molar-refractivity contribution in [3.05, 3.63) is 0 Å². The van der Waals surface area contributed by atoms with Crippen molar-refractivity contribution in [2.24, 2.45) is 23.1 Å². The van der Waals surface area contributed by atoms with Gasteiger partial charge in [-0.1, -0.05) is 13.8 Å². The van der Waals surface area contributed by atoms with Gasteiger partial charge in [0.05, 0.1) is 18.9 Å². The van der Waals surface area contributed by atoms with Gasteiger partial charge >= 0.3 is 5.97 Å². The summed E-state index contributed by atoms with van der Waals surface area (Å²) in [4.78, 5) is 70.7. The fraction of sp³-hybridized carbons (Fsp3) is 0.647. The van der Waals surface area contributed by atoms with Gasteiger partial charge in [0.25, 0.3) is 0 Å². The van der Waals surface area contributed by atoms with Crippen molar-refractivity contribution in [2.75, 3.05) is 0 Å². The molecule has 14 heteroatoms. The number of nitrogens with one attached hydrogen (secondary N) is 3. The van der Waals surface area contributed by atoms with E-state index in [0.717, 1.165) is 0 Å². The highest BCUT2D eigenvalue weighted by molar-refractivity contribution is 5.96. The second-order valence-electron chi connectivity index (χ2n) is 7.30. The molecule has 0 fully saturated rings. The molecule has 5 atom stereocenters. The van der Waals surface area contributed by atoms with E-state index in [9.17, 15) is 33.9 Å². The number of hydrogen-bond acceptors (Lipinski definition) is 8. The third-order valence-corrected chi connectivity index (χ3v) is 4.13. The molecule has 0 saturated heterocycles. The molecule has 0 aromatic rings. The number of aliphatic carboxylic acids is 1. The van der Waals surface area contributed by atoms with Gasteiger partial charge in [-0.15, -0.1) is 0 Å². The van der Waals surface area contributed by atoms with Crippen LogP contribution in [0.3, 0.4) is 0 Å². The van der Waals surface area contributed by atoms with Gasteiger partial charge in [-0.2, -0.15) is 0 Å². The molecule has 14 nitrogen and oxygen atoms in total. The summed E-state index contributed by atoms with van der Waals surface area (Å²) >= 11 is 0. The third kappa shape index (κ3) is 9.86. The molecule has 0 bridgehead atoms. The Morgan fingerprint density at radius 3 is 1.61 bits per heavy atom. The van der Waals surface area contributed by atoms with Crippen molar-refractivity contribution in [1.29, 1.82) is 0 Å². The number of aliphatic hydroxyl groups is 1. The van der Waals surface area contributed by atoms with Crippen LogP contribution in [0, 0.1) is 5.92 Å². The first-order valence-electron chi connectivity index (χ1n) is 9.31. The average molecular weight is 446 g/mol. The maximum atomic E-state index is 12.7. The van der Waals surface area contributed by atoms with E-state index < -0.39 is 84.5 Å². The second-order valence-corrected chi connectivity index (χ2v) is 7.30. The molecule has 0 heterocycles. The SMILES string of the molecule is CC(C)C(NC(=O)C(N)C(C)O)C(=O)NC(CC(N)=O)C(=O)NC(CC(N)=O)C(=O)O. The number of hydrogen-bond donors (Lipinski definition) is 8. The Morgan fingerprint density at radius 1 is 0.774 bits per heavy atom. The molecule has 0 aliphatic carbocycles. The Hall–Kier alpha value is -3.26. The predicted octanol–water partition coefficient (Wildman–Crippen LogP) is -4.36. The molecule has 11 N–H and O–H groups in total. The van der Waals surface area contributed by atoms with Crippen molar-refractivity contribution >= 4 is 35.5 Å². The van der Waals surface area contributed by atoms with E-state index in [0.29, 0.717) is 0 Å². The van der Waals surface area contributed by atoms with Crippen LogP contribution in [0.25, 0.3) is 0 Å². The number of carbonyl (C=O) groups excluding carboxylic acids is 5. The number of carbonyl (C=O) groups is 6. The van der Waals surface area contributed by atoms with E-state index in [1.807, 2.05) is 5.32 Å². The number of aliphatic hydroxyl groups excluding tert-OH is 1. The molecule has 0 aliphatic rings. The van der Waals surface area contributed by atoms with Gasteiger partial charge in [0.2, 0.25) is 29.5 Å². The Kier molecular flexibility index (Phi) is 11.1. The van der Waals surface area contributed by atoms with Crippen LogP contribution in [0.2, 0.25) is 0 Å². The van der Waals surface area contributed by atoms with Gasteiger partial charge in [-0.25, -0.2) is 4.79 Å². The molecule has 0 spiro atoms. The Balaban J connectivity index is 5.49. The van der Waals surface area contributed by atoms with Gasteiger partial charge in [-0.3, -0.25) is 24.0 Å². The van der Waals surface area contributed by atoms with E-state index in [2.05, 4.69) is 10.6 Å². The summed E-state index contributed by atoms with van der Waals surface area (Å²) in [5.41, 5.74) is 15.6. The van der Waals surface area contributed by atoms with Crippen LogP contribution in [0.4, 0.5) is 0 Å². The smallest absolute Gasteiger partial charge is 0.326 e. The lowest BCUT2D eigenvalue weighted by molar-refractivity contribution is -0.144. The zero-order chi connectivity index (χ0) is 24.5. The van der Waals surface area contributed by atoms with Crippen LogP contribution < -0.4 is 33.2 Å². The van der Waals surface area contributed by atoms with Crippen LogP contribution in [0.15, 0.2) is 0 Å². The van der Waals surface area contributed by atoms with E-state index in [1.54, 1.807) is 13.8 Å². The number of rotatable bonds is 13. The number of carboxylic acid groups (broad SMARTS) is 1. The molecule has 0 aromatic carbocycles. The van der Waals surface area contributed by atoms with Crippen LogP contribution in [0.5, 0.6) is 0 Å². The molecule has 0 rings (SSSR count). The van der Waals surface area contributed by atoms with Crippen LogP contribution in [-0.2, 0) is 28.8 Å². The maximum Gasteiger partial charge on any atom is 0.326 e. The summed E-state index contributed by atoms with van der Waals surface area (Å²) in [7, 11) is 0. The molecular weight excluding hydrogens is 416 g/mol. The van der Waals surface area contributed by atoms with E-state index >= 15 is 0 Å². The standard InChI is InChI=1S/C17H30N6O8/c1-6(2)13(23-15(28)12(20)7(3)24)16(29)21-8(4-10(18)25)14(27)22-9(17(30)31)5-11(19)26/h6-9,12-13,24H,4-5,20H2,1-3H3,(H2,18,25)(H2,19,26)(H,21,29)(H,22,27)(H,23,28)(H,30,31). The summed E-state index contributed by atoms with van der Waals surface area (Å²) in [5, 5.41) is 25.1. The first-order chi connectivity index (χ1) is 14.2. The topological polar surface area (TPSA) is 257 Å². The van der Waals surface area contributed by atoms with Crippen molar-refractivity contribution in [3.8, 4) is 0 Å². The number of nitrogens with two attached hydrogens (primary N) is 3. The van der Waals surface area contributed by atoms with Crippen LogP contribution in [-0.4, -0.2) is 76.0 Å². The minimum absolute atomic E-state index is 0.496. The molecule has 5 unspecified atom stereocenters. The highest BCUT2D eigenvalue weighted by Crippen LogP contribution is 2.05. The van der Waals surface area contributed by atoms with Gasteiger partial charge in [0, 0.05) is 0 Å². The number of amides is 5. The zero-order valence-electron chi connectivity index (χ0n) is 17.5. The van der Waals surface area contributed by atoms with Crippen molar-refractivity contribution in [1.82, 2.24) is 16.0 Å². The minimum atomic E-state index is -1.69. The zero-order valence-corrected chi connectivity index (χ0v) is 17.5. The molecular formula is C17H30N6O8. The van der Waals surface area contributed by atoms with Gasteiger partial charge in [-0.05, 0) is 12.8 Å². The second kappa shape index (κ2) is 12.4. The predicted molar refractivity (Wildman–Crippen MR) is 106 cm³/mol. The first-order valence-corrected chi connectivity index (χ1v) is 9.31. The monoisotopic (exact) mass is 446 g/mol. The van der Waals surface area contributed by atoms with Crippen molar-refractivity contribution in [3.63, 3.8) is 0 Å². The molecule has 0 aromatic heterocycles. The average Bonchev–Trinajstić information content (AvgIpc) is 2.62. The summed E-state index contributed by atoms with van der Waals surface area (Å²) in [6.07, 6.45) is -2.60. The molecule has 0 saturated carbocycles. The fourth-order valence-electron chi connectivity index (χ4n) is 2.35. The van der Waals surface area contributed by atoms with E-state index in [4.69, 9.17) is 22.3 Å². The molecule has 0 aliphatic heterocycles. The number of primary amides is 2. The Morgan fingerprint density at radius 2 is 1.23 bits per heavy atom. The lowest BCUT2D eigenvalue weighted by Gasteiger charge is -2.27. The fourth-order valence-corrected chi connectivity index (χ4v) is 2.35. The lowest BCUT2D eigenvalue weighted by atomic mass is 10.0. The highest BCUT2D eigenvalue weighted by atomic mass is 16.4. The van der Waals surface area contributed by atoms with Gasteiger partial charge < -0.3 is 43.4 Å². The lowest BCUT2D eigenvalue weighted by Crippen LogP contribution is -2.60. The third-order valence-electron chi connectivity index (χ3n) is 4.13. The first kappa shape index (κ1) is 27.7. The molecule has 5 amide bonds. The van der Waals surface area contributed by atoms with E-state index in [-0.39, 0.29) is 0 Å². The van der Waals surface area contributed by atoms with E-state index in [1.165, 1.54) is 6.92 Å². The number of carboxylic acids is 1. The summed E-state index contributed by atoms with van der Waals surface area (Å²) in [6, 6.07) is -5.81. The Bertz CT molecular complexity index is 711. The quantitative estimate of drug-likeness (QED) is 0.136. The Labute approximate surface area is 178 Å². The molecule has 0 radical (unpaired) electrons. The summed E-state index contributed by atoms with van der Waals surface area (Å²) < 4.78 is 0. The summed E-state index contributed by atoms with van der Waals surface area (Å²) in [6.45, 7) is 4.44. The molecule has 31 heavy (non-hydrogen) atoms. The van der Waals surface area contributed by atoms with Crippen molar-refractivity contribution < 1.29 is 39.0 Å². The minimum Gasteiger partial charge on any atom is -0.480 e. The normalized spacial score (nSPS) is 15.7. The molecule has 176 valence electrons. The van der Waals surface area contributed by atoms with Crippen LogP contribution in [0.1, 0.15) is 33.6 Å². The maximum absolute atomic E-state index is 12.7. The van der Waals surface area contributed by atoms with Crippen molar-refractivity contribution in [2.45, 2.75) is 63.9 Å². The largest absolute Gasteiger partial charge is 0.480 e. The van der Waals surface area contributed by atoms with Gasteiger partial charge in [0.1, 0.15) is 24.2 Å².